The van der Waals surface area contributed by atoms with Gasteiger partial charge in [-0.15, -0.1) is 0 Å². The SMILES string of the molecule is CC(=O)OC1CCC(OC(C)=O)c2nccnc21. The number of ether oxygens (including phenoxy) is 2. The Morgan fingerprint density at radius 3 is 1.72 bits per heavy atom. The molecule has 0 aromatic carbocycles. The molecular formula is C12H14N2O4. The van der Waals surface area contributed by atoms with E-state index in [0.29, 0.717) is 24.2 Å². The molecule has 18 heavy (non-hydrogen) atoms. The van der Waals surface area contributed by atoms with Gasteiger partial charge in [0.25, 0.3) is 0 Å². The summed E-state index contributed by atoms with van der Waals surface area (Å²) in [5.74, 6) is -0.718. The first-order valence-corrected chi connectivity index (χ1v) is 5.73. The maximum absolute atomic E-state index is 11.0. The van der Waals surface area contributed by atoms with Crippen molar-refractivity contribution in [2.45, 2.75) is 38.9 Å². The number of nitrogens with zero attached hydrogens (tertiary/aromatic N) is 2. The van der Waals surface area contributed by atoms with E-state index in [2.05, 4.69) is 9.97 Å². The van der Waals surface area contributed by atoms with E-state index in [1.807, 2.05) is 0 Å². The van der Waals surface area contributed by atoms with Crippen molar-refractivity contribution in [1.29, 1.82) is 0 Å². The molecule has 0 bridgehead atoms. The highest BCUT2D eigenvalue weighted by Crippen LogP contribution is 2.37. The maximum Gasteiger partial charge on any atom is 0.303 e. The Kier molecular flexibility index (Phi) is 3.55. The van der Waals surface area contributed by atoms with Crippen LogP contribution in [0.5, 0.6) is 0 Å². The van der Waals surface area contributed by atoms with Crippen molar-refractivity contribution in [2.24, 2.45) is 0 Å². The number of carbonyl (C=O) groups excluding carboxylic acids is 2. The van der Waals surface area contributed by atoms with Gasteiger partial charge in [-0.05, 0) is 12.8 Å². The lowest BCUT2D eigenvalue weighted by molar-refractivity contribution is -0.153. The Bertz CT molecular complexity index is 432. The first kappa shape index (κ1) is 12.5. The van der Waals surface area contributed by atoms with Gasteiger partial charge in [-0.25, -0.2) is 0 Å². The second-order valence-electron chi connectivity index (χ2n) is 4.10. The van der Waals surface area contributed by atoms with E-state index in [0.717, 1.165) is 0 Å². The molecule has 2 unspecified atom stereocenters. The molecule has 1 aromatic heterocycles. The summed E-state index contributed by atoms with van der Waals surface area (Å²) in [4.78, 5) is 30.4. The molecule has 0 saturated carbocycles. The number of carbonyl (C=O) groups is 2. The third-order valence-electron chi connectivity index (χ3n) is 2.67. The average molecular weight is 250 g/mol. The maximum atomic E-state index is 11.0. The predicted octanol–water partition coefficient (Wildman–Crippen LogP) is 1.48. The van der Waals surface area contributed by atoms with Crippen LogP contribution in [-0.2, 0) is 19.1 Å². The molecule has 6 heteroatoms. The molecule has 0 aliphatic heterocycles. The molecule has 1 aliphatic carbocycles. The molecule has 1 heterocycles. The minimum Gasteiger partial charge on any atom is -0.456 e. The lowest BCUT2D eigenvalue weighted by atomic mass is 9.95. The van der Waals surface area contributed by atoms with Crippen LogP contribution in [0.4, 0.5) is 0 Å². The summed E-state index contributed by atoms with van der Waals surface area (Å²) < 4.78 is 10.4. The predicted molar refractivity (Wildman–Crippen MR) is 60.3 cm³/mol. The van der Waals surface area contributed by atoms with Gasteiger partial charge < -0.3 is 9.47 Å². The van der Waals surface area contributed by atoms with Crippen LogP contribution in [0.2, 0.25) is 0 Å². The number of hydrogen-bond acceptors (Lipinski definition) is 6. The van der Waals surface area contributed by atoms with Gasteiger partial charge in [0, 0.05) is 26.2 Å². The van der Waals surface area contributed by atoms with E-state index >= 15 is 0 Å². The summed E-state index contributed by atoms with van der Waals surface area (Å²) >= 11 is 0. The molecule has 0 N–H and O–H groups in total. The first-order chi connectivity index (χ1) is 8.58. The highest BCUT2D eigenvalue weighted by atomic mass is 16.6. The monoisotopic (exact) mass is 250 g/mol. The minimum atomic E-state index is -0.405. The molecule has 0 radical (unpaired) electrons. The number of rotatable bonds is 2. The third-order valence-corrected chi connectivity index (χ3v) is 2.67. The molecule has 2 atom stereocenters. The van der Waals surface area contributed by atoms with Crippen molar-refractivity contribution in [3.8, 4) is 0 Å². The van der Waals surface area contributed by atoms with Crippen molar-refractivity contribution in [3.05, 3.63) is 23.8 Å². The number of fused-ring (bicyclic) bond motifs is 1. The van der Waals surface area contributed by atoms with Crippen molar-refractivity contribution >= 4 is 11.9 Å². The van der Waals surface area contributed by atoms with E-state index in [1.54, 1.807) is 0 Å². The Hall–Kier alpha value is -1.98. The highest BCUT2D eigenvalue weighted by Gasteiger charge is 2.33. The largest absolute Gasteiger partial charge is 0.456 e. The van der Waals surface area contributed by atoms with Crippen LogP contribution in [0.15, 0.2) is 12.4 Å². The summed E-state index contributed by atoms with van der Waals surface area (Å²) in [6.45, 7) is 2.71. The van der Waals surface area contributed by atoms with E-state index < -0.39 is 12.2 Å². The molecule has 0 spiro atoms. The summed E-state index contributed by atoms with van der Waals surface area (Å²) in [5, 5.41) is 0. The smallest absolute Gasteiger partial charge is 0.303 e. The fourth-order valence-corrected chi connectivity index (χ4v) is 2.06. The van der Waals surface area contributed by atoms with E-state index in [1.165, 1.54) is 26.2 Å². The van der Waals surface area contributed by atoms with Crippen molar-refractivity contribution in [2.75, 3.05) is 0 Å². The van der Waals surface area contributed by atoms with E-state index in [-0.39, 0.29) is 11.9 Å². The zero-order valence-corrected chi connectivity index (χ0v) is 10.3. The van der Waals surface area contributed by atoms with Crippen LogP contribution in [0.1, 0.15) is 50.3 Å². The van der Waals surface area contributed by atoms with Gasteiger partial charge >= 0.3 is 11.9 Å². The van der Waals surface area contributed by atoms with Crippen molar-refractivity contribution < 1.29 is 19.1 Å². The Balaban J connectivity index is 2.28. The van der Waals surface area contributed by atoms with Gasteiger partial charge in [-0.1, -0.05) is 0 Å². The fourth-order valence-electron chi connectivity index (χ4n) is 2.06. The van der Waals surface area contributed by atoms with Crippen LogP contribution in [-0.4, -0.2) is 21.9 Å². The molecule has 1 aliphatic rings. The average Bonchev–Trinajstić information content (AvgIpc) is 2.31. The number of aromatic nitrogens is 2. The molecule has 0 amide bonds. The van der Waals surface area contributed by atoms with Crippen LogP contribution in [0, 0.1) is 0 Å². The van der Waals surface area contributed by atoms with Crippen molar-refractivity contribution in [1.82, 2.24) is 9.97 Å². The van der Waals surface area contributed by atoms with Crippen LogP contribution in [0.25, 0.3) is 0 Å². The van der Waals surface area contributed by atoms with Gasteiger partial charge in [0.05, 0.1) is 0 Å². The summed E-state index contributed by atoms with van der Waals surface area (Å²) in [5.41, 5.74) is 1.15. The Morgan fingerprint density at radius 1 is 1.00 bits per heavy atom. The van der Waals surface area contributed by atoms with Crippen LogP contribution >= 0.6 is 0 Å². The summed E-state index contributed by atoms with van der Waals surface area (Å²) in [6, 6.07) is 0. The first-order valence-electron chi connectivity index (χ1n) is 5.73. The molecule has 0 saturated heterocycles. The fraction of sp³-hybridized carbons (Fsp3) is 0.500. The van der Waals surface area contributed by atoms with Crippen LogP contribution in [0.3, 0.4) is 0 Å². The summed E-state index contributed by atoms with van der Waals surface area (Å²) in [7, 11) is 0. The molecule has 6 nitrogen and oxygen atoms in total. The topological polar surface area (TPSA) is 78.4 Å². The second-order valence-corrected chi connectivity index (χ2v) is 4.10. The number of esters is 2. The lowest BCUT2D eigenvalue weighted by Gasteiger charge is -2.28. The van der Waals surface area contributed by atoms with Gasteiger partial charge in [0.15, 0.2) is 0 Å². The van der Waals surface area contributed by atoms with Gasteiger partial charge in [0.1, 0.15) is 23.6 Å². The number of hydrogen-bond donors (Lipinski definition) is 0. The van der Waals surface area contributed by atoms with Crippen molar-refractivity contribution in [3.63, 3.8) is 0 Å². The minimum absolute atomic E-state index is 0.359. The zero-order valence-electron chi connectivity index (χ0n) is 10.3. The second kappa shape index (κ2) is 5.12. The molecule has 96 valence electrons. The highest BCUT2D eigenvalue weighted by molar-refractivity contribution is 5.67. The van der Waals surface area contributed by atoms with Gasteiger partial charge in [-0.3, -0.25) is 19.6 Å². The summed E-state index contributed by atoms with van der Waals surface area (Å²) in [6.07, 6.45) is 3.40. The third kappa shape index (κ3) is 2.64. The zero-order chi connectivity index (χ0) is 13.1. The molecule has 2 rings (SSSR count). The van der Waals surface area contributed by atoms with Crippen LogP contribution < -0.4 is 0 Å². The van der Waals surface area contributed by atoms with E-state index in [9.17, 15) is 9.59 Å². The van der Waals surface area contributed by atoms with Gasteiger partial charge in [0.2, 0.25) is 0 Å². The molecule has 0 fully saturated rings. The lowest BCUT2D eigenvalue weighted by Crippen LogP contribution is -2.23. The normalized spacial score (nSPS) is 21.9. The molecular weight excluding hydrogens is 236 g/mol. The quantitative estimate of drug-likeness (QED) is 0.740. The Morgan fingerprint density at radius 2 is 1.39 bits per heavy atom. The molecule has 1 aromatic rings. The standard InChI is InChI=1S/C12H14N2O4/c1-7(15)17-9-3-4-10(18-8(2)16)12-11(9)13-5-6-14-12/h5-6,9-10H,3-4H2,1-2H3. The van der Waals surface area contributed by atoms with Gasteiger partial charge in [-0.2, -0.15) is 0 Å². The Labute approximate surface area is 104 Å². The van der Waals surface area contributed by atoms with E-state index in [4.69, 9.17) is 9.47 Å².